The number of piperidine rings is 1. The largest absolute Gasteiger partial charge is 0.311 e. The summed E-state index contributed by atoms with van der Waals surface area (Å²) >= 11 is 0. The Morgan fingerprint density at radius 1 is 1.14 bits per heavy atom. The third-order valence-corrected chi connectivity index (χ3v) is 4.49. The summed E-state index contributed by atoms with van der Waals surface area (Å²) in [5.74, 6) is 0. The molecule has 0 saturated carbocycles. The number of pyridine rings is 1. The van der Waals surface area contributed by atoms with E-state index in [0.29, 0.717) is 6.04 Å². The Balaban J connectivity index is 1.51. The second-order valence-electron chi connectivity index (χ2n) is 6.13. The summed E-state index contributed by atoms with van der Waals surface area (Å²) in [6, 6.07) is 9.33. The fourth-order valence-corrected chi connectivity index (χ4v) is 3.16. The number of hydrogen-bond donors (Lipinski definition) is 1. The van der Waals surface area contributed by atoms with E-state index in [9.17, 15) is 0 Å². The van der Waals surface area contributed by atoms with Gasteiger partial charge in [-0.25, -0.2) is 0 Å². The van der Waals surface area contributed by atoms with Crippen LogP contribution in [0.1, 0.15) is 31.7 Å². The van der Waals surface area contributed by atoms with Crippen molar-refractivity contribution in [3.8, 4) is 0 Å². The number of benzene rings is 1. The first-order chi connectivity index (χ1) is 10.3. The van der Waals surface area contributed by atoms with E-state index < -0.39 is 0 Å². The van der Waals surface area contributed by atoms with Gasteiger partial charge in [-0.2, -0.15) is 0 Å². The Morgan fingerprint density at radius 2 is 2.00 bits per heavy atom. The minimum absolute atomic E-state index is 0.634. The summed E-state index contributed by atoms with van der Waals surface area (Å²) < 4.78 is 0. The van der Waals surface area contributed by atoms with E-state index >= 15 is 0 Å². The lowest BCUT2D eigenvalue weighted by molar-refractivity contribution is 0.170. The molecule has 1 aliphatic heterocycles. The van der Waals surface area contributed by atoms with E-state index in [1.165, 1.54) is 48.7 Å². The molecule has 21 heavy (non-hydrogen) atoms. The molecule has 1 aromatic carbocycles. The fraction of sp³-hybridized carbons (Fsp3) is 0.500. The number of nitrogens with one attached hydrogen (secondary N) is 1. The number of likely N-dealkylation sites (tertiary alicyclic amines) is 1. The monoisotopic (exact) mass is 283 g/mol. The molecular weight excluding hydrogens is 258 g/mol. The van der Waals surface area contributed by atoms with Gasteiger partial charge in [-0.1, -0.05) is 18.6 Å². The van der Waals surface area contributed by atoms with Crippen LogP contribution in [0, 0.1) is 0 Å². The smallest absolute Gasteiger partial charge is 0.0346 e. The molecule has 1 aromatic heterocycles. The first-order valence-electron chi connectivity index (χ1n) is 8.10. The van der Waals surface area contributed by atoms with Crippen LogP contribution in [0.4, 0.5) is 0 Å². The standard InChI is InChI=1S/C18H25N3/c1-15(21-9-3-2-4-10-21)12-20-13-16-5-6-18-14-19-8-7-17(18)11-16/h5-8,11,14-15,20H,2-4,9-10,12-13H2,1H3. The van der Waals surface area contributed by atoms with Gasteiger partial charge in [0, 0.05) is 36.9 Å². The van der Waals surface area contributed by atoms with Crippen molar-refractivity contribution in [3.05, 3.63) is 42.2 Å². The predicted molar refractivity (Wildman–Crippen MR) is 88.3 cm³/mol. The Hall–Kier alpha value is -1.45. The van der Waals surface area contributed by atoms with Crippen molar-refractivity contribution in [1.29, 1.82) is 0 Å². The van der Waals surface area contributed by atoms with Gasteiger partial charge in [-0.15, -0.1) is 0 Å². The van der Waals surface area contributed by atoms with Gasteiger partial charge in [-0.05, 0) is 55.9 Å². The lowest BCUT2D eigenvalue weighted by Crippen LogP contribution is -2.42. The molecule has 3 heteroatoms. The number of aromatic nitrogens is 1. The van der Waals surface area contributed by atoms with Crippen LogP contribution in [0.5, 0.6) is 0 Å². The van der Waals surface area contributed by atoms with E-state index in [1.807, 2.05) is 12.4 Å². The van der Waals surface area contributed by atoms with Crippen molar-refractivity contribution in [2.45, 2.75) is 38.8 Å². The number of rotatable bonds is 5. The van der Waals surface area contributed by atoms with Gasteiger partial charge in [0.15, 0.2) is 0 Å². The van der Waals surface area contributed by atoms with Crippen molar-refractivity contribution in [3.63, 3.8) is 0 Å². The van der Waals surface area contributed by atoms with Crippen LogP contribution in [0.25, 0.3) is 10.8 Å². The molecule has 3 nitrogen and oxygen atoms in total. The first-order valence-corrected chi connectivity index (χ1v) is 8.10. The zero-order valence-electron chi connectivity index (χ0n) is 12.9. The van der Waals surface area contributed by atoms with E-state index in [-0.39, 0.29) is 0 Å². The van der Waals surface area contributed by atoms with Crippen molar-refractivity contribution in [2.24, 2.45) is 0 Å². The summed E-state index contributed by atoms with van der Waals surface area (Å²) in [6.07, 6.45) is 7.91. The van der Waals surface area contributed by atoms with Crippen LogP contribution in [0.3, 0.4) is 0 Å². The fourth-order valence-electron chi connectivity index (χ4n) is 3.16. The second-order valence-corrected chi connectivity index (χ2v) is 6.13. The normalized spacial score (nSPS) is 18.0. The molecule has 1 N–H and O–H groups in total. The molecule has 1 saturated heterocycles. The summed E-state index contributed by atoms with van der Waals surface area (Å²) in [5.41, 5.74) is 1.35. The lowest BCUT2D eigenvalue weighted by Gasteiger charge is -2.32. The van der Waals surface area contributed by atoms with Crippen LogP contribution in [0.2, 0.25) is 0 Å². The maximum absolute atomic E-state index is 4.16. The van der Waals surface area contributed by atoms with Crippen molar-refractivity contribution in [2.75, 3.05) is 19.6 Å². The Bertz CT molecular complexity index is 575. The van der Waals surface area contributed by atoms with Crippen LogP contribution < -0.4 is 5.32 Å². The molecule has 0 bridgehead atoms. The van der Waals surface area contributed by atoms with Crippen molar-refractivity contribution < 1.29 is 0 Å². The highest BCUT2D eigenvalue weighted by molar-refractivity contribution is 5.81. The van der Waals surface area contributed by atoms with Gasteiger partial charge in [0.05, 0.1) is 0 Å². The van der Waals surface area contributed by atoms with Gasteiger partial charge in [0.1, 0.15) is 0 Å². The zero-order chi connectivity index (χ0) is 14.5. The molecule has 1 unspecified atom stereocenters. The van der Waals surface area contributed by atoms with E-state index in [2.05, 4.69) is 46.4 Å². The van der Waals surface area contributed by atoms with Crippen LogP contribution >= 0.6 is 0 Å². The minimum atomic E-state index is 0.634. The molecule has 2 heterocycles. The lowest BCUT2D eigenvalue weighted by atomic mass is 10.1. The molecule has 1 aliphatic rings. The number of hydrogen-bond acceptors (Lipinski definition) is 3. The Morgan fingerprint density at radius 3 is 2.86 bits per heavy atom. The second kappa shape index (κ2) is 7.01. The molecule has 112 valence electrons. The Labute approximate surface area is 127 Å². The van der Waals surface area contributed by atoms with Gasteiger partial charge < -0.3 is 5.32 Å². The first kappa shape index (κ1) is 14.5. The van der Waals surface area contributed by atoms with E-state index in [1.54, 1.807) is 0 Å². The highest BCUT2D eigenvalue weighted by atomic mass is 15.2. The van der Waals surface area contributed by atoms with E-state index in [0.717, 1.165) is 13.1 Å². The molecule has 0 radical (unpaired) electrons. The van der Waals surface area contributed by atoms with Crippen molar-refractivity contribution >= 4 is 10.8 Å². The molecule has 1 atom stereocenters. The summed E-state index contributed by atoms with van der Waals surface area (Å²) in [4.78, 5) is 6.77. The van der Waals surface area contributed by atoms with Gasteiger partial charge in [-0.3, -0.25) is 9.88 Å². The molecule has 0 amide bonds. The number of fused-ring (bicyclic) bond motifs is 1. The quantitative estimate of drug-likeness (QED) is 0.913. The highest BCUT2D eigenvalue weighted by Crippen LogP contribution is 2.15. The predicted octanol–water partition coefficient (Wildman–Crippen LogP) is 3.20. The zero-order valence-corrected chi connectivity index (χ0v) is 12.9. The topological polar surface area (TPSA) is 28.2 Å². The maximum atomic E-state index is 4.16. The summed E-state index contributed by atoms with van der Waals surface area (Å²) in [6.45, 7) is 6.88. The number of nitrogens with zero attached hydrogens (tertiary/aromatic N) is 2. The van der Waals surface area contributed by atoms with Gasteiger partial charge in [0.25, 0.3) is 0 Å². The van der Waals surface area contributed by atoms with Crippen LogP contribution in [-0.2, 0) is 6.54 Å². The molecule has 0 aliphatic carbocycles. The van der Waals surface area contributed by atoms with Gasteiger partial charge in [0.2, 0.25) is 0 Å². The average molecular weight is 283 g/mol. The SMILES string of the molecule is CC(CNCc1ccc2cnccc2c1)N1CCCCC1. The molecule has 3 rings (SSSR count). The summed E-state index contributed by atoms with van der Waals surface area (Å²) in [5, 5.41) is 6.09. The molecule has 1 fully saturated rings. The van der Waals surface area contributed by atoms with Crippen LogP contribution in [-0.4, -0.2) is 35.6 Å². The molecule has 2 aromatic rings. The van der Waals surface area contributed by atoms with Crippen molar-refractivity contribution in [1.82, 2.24) is 15.2 Å². The van der Waals surface area contributed by atoms with Crippen LogP contribution in [0.15, 0.2) is 36.7 Å². The Kier molecular flexibility index (Phi) is 4.84. The highest BCUT2D eigenvalue weighted by Gasteiger charge is 2.15. The molecule has 0 spiro atoms. The minimum Gasteiger partial charge on any atom is -0.311 e. The molecular formula is C18H25N3. The maximum Gasteiger partial charge on any atom is 0.0346 e. The summed E-state index contributed by atoms with van der Waals surface area (Å²) in [7, 11) is 0. The van der Waals surface area contributed by atoms with Gasteiger partial charge >= 0.3 is 0 Å². The average Bonchev–Trinajstić information content (AvgIpc) is 2.55. The van der Waals surface area contributed by atoms with E-state index in [4.69, 9.17) is 0 Å². The third kappa shape index (κ3) is 3.80. The third-order valence-electron chi connectivity index (χ3n) is 4.49.